The molecule has 0 saturated heterocycles. The molecule has 1 aromatic heterocycles. The summed E-state index contributed by atoms with van der Waals surface area (Å²) in [7, 11) is 1.69. The Kier molecular flexibility index (Phi) is 6.45. The minimum Gasteiger partial charge on any atom is -0.371 e. The van der Waals surface area contributed by atoms with Gasteiger partial charge in [-0.05, 0) is 19.4 Å². The number of hydrogen-bond donors (Lipinski definition) is 1. The molecule has 2 rings (SSSR count). The molecule has 24 heavy (non-hydrogen) atoms. The van der Waals surface area contributed by atoms with Crippen LogP contribution in [0.25, 0.3) is 0 Å². The van der Waals surface area contributed by atoms with Crippen molar-refractivity contribution in [3.05, 3.63) is 47.6 Å². The van der Waals surface area contributed by atoms with E-state index in [0.29, 0.717) is 18.3 Å². The standard InChI is InChI=1S/C17H24N4O3/c1-4-23-12(2)17-19-15(24-20-17)11-21(3)16(22)10-14(18)13-8-6-5-7-9-13/h5-9,12,14H,4,10-11,18H2,1-3H3. The molecule has 1 heterocycles. The summed E-state index contributed by atoms with van der Waals surface area (Å²) in [5, 5.41) is 3.88. The molecule has 0 aliphatic rings. The second-order valence-electron chi connectivity index (χ2n) is 5.61. The third kappa shape index (κ3) is 4.87. The van der Waals surface area contributed by atoms with Gasteiger partial charge in [-0.1, -0.05) is 35.5 Å². The van der Waals surface area contributed by atoms with Crippen LogP contribution in [0.5, 0.6) is 0 Å². The Labute approximate surface area is 141 Å². The molecule has 0 fully saturated rings. The highest BCUT2D eigenvalue weighted by Crippen LogP contribution is 2.16. The number of carbonyl (C=O) groups excluding carboxylic acids is 1. The zero-order chi connectivity index (χ0) is 17.5. The number of nitrogens with two attached hydrogens (primary N) is 1. The van der Waals surface area contributed by atoms with Crippen molar-refractivity contribution in [3.63, 3.8) is 0 Å². The molecular weight excluding hydrogens is 308 g/mol. The molecule has 0 bridgehead atoms. The predicted molar refractivity (Wildman–Crippen MR) is 88.8 cm³/mol. The largest absolute Gasteiger partial charge is 0.371 e. The number of carbonyl (C=O) groups is 1. The molecule has 0 aliphatic carbocycles. The Morgan fingerprint density at radius 3 is 2.75 bits per heavy atom. The minimum atomic E-state index is -0.336. The van der Waals surface area contributed by atoms with Crippen molar-refractivity contribution in [2.45, 2.75) is 39.0 Å². The first-order valence-corrected chi connectivity index (χ1v) is 7.99. The molecule has 7 nitrogen and oxygen atoms in total. The number of ether oxygens (including phenoxy) is 1. The Morgan fingerprint density at radius 2 is 2.08 bits per heavy atom. The number of nitrogens with zero attached hydrogens (tertiary/aromatic N) is 3. The van der Waals surface area contributed by atoms with E-state index in [1.54, 1.807) is 7.05 Å². The van der Waals surface area contributed by atoms with Crippen LogP contribution in [0.3, 0.4) is 0 Å². The van der Waals surface area contributed by atoms with Crippen molar-refractivity contribution in [2.75, 3.05) is 13.7 Å². The number of aromatic nitrogens is 2. The summed E-state index contributed by atoms with van der Waals surface area (Å²) < 4.78 is 10.6. The monoisotopic (exact) mass is 332 g/mol. The lowest BCUT2D eigenvalue weighted by Crippen LogP contribution is -2.29. The summed E-state index contributed by atoms with van der Waals surface area (Å²) in [5.74, 6) is 0.776. The lowest BCUT2D eigenvalue weighted by atomic mass is 10.0. The van der Waals surface area contributed by atoms with E-state index in [4.69, 9.17) is 15.0 Å². The van der Waals surface area contributed by atoms with Gasteiger partial charge in [0.1, 0.15) is 6.10 Å². The molecule has 1 amide bonds. The second kappa shape index (κ2) is 8.56. The first-order valence-electron chi connectivity index (χ1n) is 7.99. The van der Waals surface area contributed by atoms with Crippen LogP contribution in [-0.2, 0) is 16.1 Å². The molecule has 0 aliphatic heterocycles. The van der Waals surface area contributed by atoms with Crippen LogP contribution in [0.1, 0.15) is 49.7 Å². The maximum absolute atomic E-state index is 12.3. The SMILES string of the molecule is CCOC(C)c1noc(CN(C)C(=O)CC(N)c2ccccc2)n1. The average molecular weight is 332 g/mol. The summed E-state index contributed by atoms with van der Waals surface area (Å²) >= 11 is 0. The van der Waals surface area contributed by atoms with Crippen molar-refractivity contribution in [2.24, 2.45) is 5.73 Å². The van der Waals surface area contributed by atoms with Crippen LogP contribution in [0, 0.1) is 0 Å². The zero-order valence-corrected chi connectivity index (χ0v) is 14.3. The van der Waals surface area contributed by atoms with Gasteiger partial charge in [-0.15, -0.1) is 0 Å². The van der Waals surface area contributed by atoms with Crippen LogP contribution in [0.4, 0.5) is 0 Å². The van der Waals surface area contributed by atoms with Gasteiger partial charge in [0.05, 0.1) is 6.54 Å². The lowest BCUT2D eigenvalue weighted by Gasteiger charge is -2.18. The molecule has 2 aromatic rings. The van der Waals surface area contributed by atoms with Gasteiger partial charge in [-0.2, -0.15) is 4.98 Å². The number of hydrogen-bond acceptors (Lipinski definition) is 6. The predicted octanol–water partition coefficient (Wildman–Crippen LogP) is 2.22. The Balaban J connectivity index is 1.89. The van der Waals surface area contributed by atoms with Crippen LogP contribution in [-0.4, -0.2) is 34.6 Å². The van der Waals surface area contributed by atoms with Gasteiger partial charge in [-0.25, -0.2) is 0 Å². The smallest absolute Gasteiger partial charge is 0.246 e. The maximum Gasteiger partial charge on any atom is 0.246 e. The summed E-state index contributed by atoms with van der Waals surface area (Å²) in [6.07, 6.45) is -0.0170. The van der Waals surface area contributed by atoms with E-state index < -0.39 is 0 Å². The molecule has 0 spiro atoms. The first-order chi connectivity index (χ1) is 11.5. The van der Waals surface area contributed by atoms with E-state index in [2.05, 4.69) is 10.1 Å². The van der Waals surface area contributed by atoms with E-state index in [0.717, 1.165) is 5.56 Å². The van der Waals surface area contributed by atoms with E-state index in [-0.39, 0.29) is 31.0 Å². The van der Waals surface area contributed by atoms with Crippen molar-refractivity contribution in [1.82, 2.24) is 15.0 Å². The molecule has 0 saturated carbocycles. The molecule has 0 radical (unpaired) electrons. The number of amides is 1. The van der Waals surface area contributed by atoms with Gasteiger partial charge in [0.15, 0.2) is 5.82 Å². The molecule has 2 N–H and O–H groups in total. The highest BCUT2D eigenvalue weighted by molar-refractivity contribution is 5.76. The van der Waals surface area contributed by atoms with Crippen molar-refractivity contribution >= 4 is 5.91 Å². The van der Waals surface area contributed by atoms with E-state index >= 15 is 0 Å². The summed E-state index contributed by atoms with van der Waals surface area (Å²) in [4.78, 5) is 18.1. The molecule has 1 aromatic carbocycles. The van der Waals surface area contributed by atoms with Crippen LogP contribution in [0.15, 0.2) is 34.9 Å². The number of benzene rings is 1. The van der Waals surface area contributed by atoms with Crippen molar-refractivity contribution < 1.29 is 14.1 Å². The number of rotatable bonds is 8. The van der Waals surface area contributed by atoms with Gasteiger partial charge in [0, 0.05) is 26.1 Å². The third-order valence-electron chi connectivity index (χ3n) is 3.68. The zero-order valence-electron chi connectivity index (χ0n) is 14.3. The third-order valence-corrected chi connectivity index (χ3v) is 3.68. The summed E-state index contributed by atoms with van der Waals surface area (Å²) in [6, 6.07) is 9.22. The van der Waals surface area contributed by atoms with Crippen molar-refractivity contribution in [1.29, 1.82) is 0 Å². The van der Waals surface area contributed by atoms with E-state index in [1.165, 1.54) is 4.90 Å². The van der Waals surface area contributed by atoms with Crippen LogP contribution < -0.4 is 5.73 Å². The van der Waals surface area contributed by atoms with Crippen LogP contribution >= 0.6 is 0 Å². The van der Waals surface area contributed by atoms with Gasteiger partial charge in [0.25, 0.3) is 0 Å². The van der Waals surface area contributed by atoms with E-state index in [1.807, 2.05) is 44.2 Å². The van der Waals surface area contributed by atoms with E-state index in [9.17, 15) is 4.79 Å². The quantitative estimate of drug-likeness (QED) is 0.796. The highest BCUT2D eigenvalue weighted by Gasteiger charge is 2.19. The lowest BCUT2D eigenvalue weighted by molar-refractivity contribution is -0.131. The Bertz CT molecular complexity index is 644. The summed E-state index contributed by atoms with van der Waals surface area (Å²) in [6.45, 7) is 4.57. The molecular formula is C17H24N4O3. The fourth-order valence-corrected chi connectivity index (χ4v) is 2.28. The van der Waals surface area contributed by atoms with Gasteiger partial charge in [-0.3, -0.25) is 4.79 Å². The average Bonchev–Trinajstić information content (AvgIpc) is 3.04. The van der Waals surface area contributed by atoms with Gasteiger partial charge in [0.2, 0.25) is 11.8 Å². The second-order valence-corrected chi connectivity index (χ2v) is 5.61. The fraction of sp³-hybridized carbons (Fsp3) is 0.471. The van der Waals surface area contributed by atoms with Gasteiger partial charge < -0.3 is 19.9 Å². The maximum atomic E-state index is 12.3. The molecule has 7 heteroatoms. The van der Waals surface area contributed by atoms with Gasteiger partial charge >= 0.3 is 0 Å². The topological polar surface area (TPSA) is 94.5 Å². The molecule has 130 valence electrons. The minimum absolute atomic E-state index is 0.0797. The molecule has 2 unspecified atom stereocenters. The Hall–Kier alpha value is -2.25. The highest BCUT2D eigenvalue weighted by atomic mass is 16.5. The molecule has 2 atom stereocenters. The summed E-state index contributed by atoms with van der Waals surface area (Å²) in [5.41, 5.74) is 7.02. The van der Waals surface area contributed by atoms with Crippen LogP contribution in [0.2, 0.25) is 0 Å². The Morgan fingerprint density at radius 1 is 1.38 bits per heavy atom. The normalized spacial score (nSPS) is 13.5. The van der Waals surface area contributed by atoms with Crippen molar-refractivity contribution in [3.8, 4) is 0 Å². The fourth-order valence-electron chi connectivity index (χ4n) is 2.28. The first kappa shape index (κ1) is 18.1.